The predicted octanol–water partition coefficient (Wildman–Crippen LogP) is 8.16. The van der Waals surface area contributed by atoms with Gasteiger partial charge in [-0.3, -0.25) is 0 Å². The molecular formula is C29H40O4. The molecule has 180 valence electrons. The fraction of sp³-hybridized carbons (Fsp3) is 0.483. The molecule has 33 heavy (non-hydrogen) atoms. The number of carbonyl (C=O) groups excluding carboxylic acids is 1. The van der Waals surface area contributed by atoms with Crippen LogP contribution in [-0.4, -0.2) is 19.2 Å². The van der Waals surface area contributed by atoms with Crippen molar-refractivity contribution in [1.82, 2.24) is 0 Å². The molecule has 4 heteroatoms. The summed E-state index contributed by atoms with van der Waals surface area (Å²) >= 11 is 0. The second-order valence-electron chi connectivity index (χ2n) is 8.34. The van der Waals surface area contributed by atoms with E-state index in [1.807, 2.05) is 30.3 Å². The first kappa shape index (κ1) is 26.5. The molecule has 0 N–H and O–H groups in total. The first-order chi connectivity index (χ1) is 16.2. The standard InChI is InChI=1S/C29H40O4/c1-3-5-7-9-10-11-12-14-24-32-27-19-21-28(22-20-27)33-29(30)25-15-17-26(18-16-25)31-23-13-8-6-4-2/h3,15-22H,1,4-14,23-24H2,2H3. The maximum Gasteiger partial charge on any atom is 0.343 e. The molecular weight excluding hydrogens is 412 g/mol. The van der Waals surface area contributed by atoms with Crippen LogP contribution in [0.15, 0.2) is 61.2 Å². The average Bonchev–Trinajstić information content (AvgIpc) is 2.84. The Kier molecular flexibility index (Phi) is 13.5. The fourth-order valence-electron chi connectivity index (χ4n) is 3.46. The summed E-state index contributed by atoms with van der Waals surface area (Å²) in [5.74, 6) is 1.69. The number of unbranched alkanes of at least 4 members (excludes halogenated alkanes) is 9. The van der Waals surface area contributed by atoms with Crippen molar-refractivity contribution in [2.75, 3.05) is 13.2 Å². The molecule has 0 amide bonds. The average molecular weight is 453 g/mol. The van der Waals surface area contributed by atoms with E-state index in [4.69, 9.17) is 14.2 Å². The highest BCUT2D eigenvalue weighted by Gasteiger charge is 2.09. The molecule has 0 atom stereocenters. The Labute approximate surface area is 200 Å². The Morgan fingerprint density at radius 1 is 0.697 bits per heavy atom. The lowest BCUT2D eigenvalue weighted by molar-refractivity contribution is 0.0734. The van der Waals surface area contributed by atoms with Crippen LogP contribution >= 0.6 is 0 Å². The van der Waals surface area contributed by atoms with Gasteiger partial charge in [-0.15, -0.1) is 6.58 Å². The van der Waals surface area contributed by atoms with Gasteiger partial charge in [0.2, 0.25) is 0 Å². The van der Waals surface area contributed by atoms with Gasteiger partial charge in [-0.2, -0.15) is 0 Å². The number of allylic oxidation sites excluding steroid dienone is 1. The highest BCUT2D eigenvalue weighted by atomic mass is 16.5. The Balaban J connectivity index is 1.64. The molecule has 0 saturated carbocycles. The zero-order valence-corrected chi connectivity index (χ0v) is 20.2. The van der Waals surface area contributed by atoms with E-state index in [1.165, 1.54) is 51.4 Å². The molecule has 2 aromatic rings. The molecule has 0 bridgehead atoms. The number of benzene rings is 2. The van der Waals surface area contributed by atoms with Gasteiger partial charge in [-0.25, -0.2) is 4.79 Å². The van der Waals surface area contributed by atoms with Crippen molar-refractivity contribution in [3.8, 4) is 17.2 Å². The van der Waals surface area contributed by atoms with Gasteiger partial charge in [0, 0.05) is 0 Å². The maximum atomic E-state index is 12.4. The highest BCUT2D eigenvalue weighted by Crippen LogP contribution is 2.20. The van der Waals surface area contributed by atoms with Crippen molar-refractivity contribution in [1.29, 1.82) is 0 Å². The Morgan fingerprint density at radius 3 is 1.76 bits per heavy atom. The normalized spacial score (nSPS) is 10.6. The first-order valence-corrected chi connectivity index (χ1v) is 12.5. The zero-order chi connectivity index (χ0) is 23.6. The molecule has 0 heterocycles. The summed E-state index contributed by atoms with van der Waals surface area (Å²) in [4.78, 5) is 12.4. The molecule has 0 aliphatic heterocycles. The van der Waals surface area contributed by atoms with Crippen LogP contribution in [0.5, 0.6) is 17.2 Å². The van der Waals surface area contributed by atoms with E-state index in [-0.39, 0.29) is 5.97 Å². The van der Waals surface area contributed by atoms with E-state index in [2.05, 4.69) is 13.5 Å². The van der Waals surface area contributed by atoms with Gasteiger partial charge >= 0.3 is 5.97 Å². The van der Waals surface area contributed by atoms with E-state index in [9.17, 15) is 4.79 Å². The van der Waals surface area contributed by atoms with Crippen LogP contribution in [0.3, 0.4) is 0 Å². The second kappa shape index (κ2) is 16.8. The third-order valence-corrected chi connectivity index (χ3v) is 5.46. The summed E-state index contributed by atoms with van der Waals surface area (Å²) in [6.07, 6.45) is 15.1. The van der Waals surface area contributed by atoms with E-state index in [0.29, 0.717) is 24.5 Å². The zero-order valence-electron chi connectivity index (χ0n) is 20.2. The summed E-state index contributed by atoms with van der Waals surface area (Å²) < 4.78 is 17.0. The van der Waals surface area contributed by atoms with Crippen LogP contribution < -0.4 is 14.2 Å². The molecule has 0 aliphatic carbocycles. The number of ether oxygens (including phenoxy) is 3. The third-order valence-electron chi connectivity index (χ3n) is 5.46. The molecule has 0 fully saturated rings. The quantitative estimate of drug-likeness (QED) is 0.0990. The molecule has 0 saturated heterocycles. The monoisotopic (exact) mass is 452 g/mol. The van der Waals surface area contributed by atoms with Gasteiger partial charge < -0.3 is 14.2 Å². The molecule has 2 rings (SSSR count). The molecule has 0 spiro atoms. The maximum absolute atomic E-state index is 12.4. The second-order valence-corrected chi connectivity index (χ2v) is 8.34. The predicted molar refractivity (Wildman–Crippen MR) is 135 cm³/mol. The minimum atomic E-state index is -0.383. The van der Waals surface area contributed by atoms with Crippen LogP contribution in [0.1, 0.15) is 87.9 Å². The SMILES string of the molecule is C=CCCCCCCCCOc1ccc(OC(=O)c2ccc(OCCCCCC)cc2)cc1. The summed E-state index contributed by atoms with van der Waals surface area (Å²) in [7, 11) is 0. The smallest absolute Gasteiger partial charge is 0.343 e. The van der Waals surface area contributed by atoms with Crippen LogP contribution in [-0.2, 0) is 0 Å². The van der Waals surface area contributed by atoms with Gasteiger partial charge in [0.15, 0.2) is 0 Å². The number of hydrogen-bond acceptors (Lipinski definition) is 4. The summed E-state index contributed by atoms with van der Waals surface area (Å²) in [5, 5.41) is 0. The van der Waals surface area contributed by atoms with Gasteiger partial charge in [0.1, 0.15) is 17.2 Å². The van der Waals surface area contributed by atoms with E-state index in [1.54, 1.807) is 24.3 Å². The summed E-state index contributed by atoms with van der Waals surface area (Å²) in [5.41, 5.74) is 0.498. The van der Waals surface area contributed by atoms with Crippen molar-refractivity contribution < 1.29 is 19.0 Å². The van der Waals surface area contributed by atoms with Crippen LogP contribution in [0.4, 0.5) is 0 Å². The van der Waals surface area contributed by atoms with Crippen molar-refractivity contribution in [3.05, 3.63) is 66.7 Å². The van der Waals surface area contributed by atoms with Crippen molar-refractivity contribution in [2.24, 2.45) is 0 Å². The number of esters is 1. The van der Waals surface area contributed by atoms with Crippen LogP contribution in [0.25, 0.3) is 0 Å². The highest BCUT2D eigenvalue weighted by molar-refractivity contribution is 5.91. The minimum Gasteiger partial charge on any atom is -0.494 e. The van der Waals surface area contributed by atoms with Gasteiger partial charge in [-0.1, -0.05) is 57.9 Å². The Hall–Kier alpha value is -2.75. The largest absolute Gasteiger partial charge is 0.494 e. The van der Waals surface area contributed by atoms with E-state index >= 15 is 0 Å². The molecule has 2 aromatic carbocycles. The number of rotatable bonds is 18. The Bertz CT molecular complexity index is 780. The third kappa shape index (κ3) is 11.6. The molecule has 0 radical (unpaired) electrons. The summed E-state index contributed by atoms with van der Waals surface area (Å²) in [6, 6.07) is 14.3. The number of hydrogen-bond donors (Lipinski definition) is 0. The fourth-order valence-corrected chi connectivity index (χ4v) is 3.46. The molecule has 0 aromatic heterocycles. The van der Waals surface area contributed by atoms with E-state index in [0.717, 1.165) is 30.8 Å². The lowest BCUT2D eigenvalue weighted by Gasteiger charge is -2.09. The van der Waals surface area contributed by atoms with Crippen molar-refractivity contribution in [3.63, 3.8) is 0 Å². The Morgan fingerprint density at radius 2 is 1.18 bits per heavy atom. The molecule has 4 nitrogen and oxygen atoms in total. The van der Waals surface area contributed by atoms with Crippen molar-refractivity contribution in [2.45, 2.75) is 77.6 Å². The van der Waals surface area contributed by atoms with E-state index < -0.39 is 0 Å². The lowest BCUT2D eigenvalue weighted by atomic mass is 10.1. The first-order valence-electron chi connectivity index (χ1n) is 12.5. The van der Waals surface area contributed by atoms with Crippen LogP contribution in [0, 0.1) is 0 Å². The van der Waals surface area contributed by atoms with Gasteiger partial charge in [0.05, 0.1) is 18.8 Å². The van der Waals surface area contributed by atoms with Crippen molar-refractivity contribution >= 4 is 5.97 Å². The van der Waals surface area contributed by atoms with Gasteiger partial charge in [-0.05, 0) is 74.2 Å². The summed E-state index contributed by atoms with van der Waals surface area (Å²) in [6.45, 7) is 7.35. The minimum absolute atomic E-state index is 0.383. The molecule has 0 aliphatic rings. The van der Waals surface area contributed by atoms with Gasteiger partial charge in [0.25, 0.3) is 0 Å². The number of carbonyl (C=O) groups is 1. The topological polar surface area (TPSA) is 44.8 Å². The lowest BCUT2D eigenvalue weighted by Crippen LogP contribution is -2.08. The molecule has 0 unspecified atom stereocenters. The van der Waals surface area contributed by atoms with Crippen LogP contribution in [0.2, 0.25) is 0 Å².